The molecule has 0 saturated carbocycles. The number of aryl methyl sites for hydroxylation is 1. The molecule has 0 atom stereocenters. The van der Waals surface area contributed by atoms with Gasteiger partial charge in [-0.3, -0.25) is 14.7 Å². The summed E-state index contributed by atoms with van der Waals surface area (Å²) in [7, 11) is 0. The Morgan fingerprint density at radius 3 is 2.69 bits per heavy atom. The van der Waals surface area contributed by atoms with Gasteiger partial charge < -0.3 is 25.5 Å². The Morgan fingerprint density at radius 1 is 1.27 bits per heavy atom. The van der Waals surface area contributed by atoms with Crippen molar-refractivity contribution in [1.29, 1.82) is 0 Å². The van der Waals surface area contributed by atoms with Gasteiger partial charge in [0, 0.05) is 38.3 Å². The van der Waals surface area contributed by atoms with E-state index < -0.39 is 0 Å². The maximum atomic E-state index is 11.8. The first kappa shape index (κ1) is 22.7. The van der Waals surface area contributed by atoms with E-state index in [1.165, 1.54) is 6.26 Å². The second-order valence-electron chi connectivity index (χ2n) is 6.04. The maximum Gasteiger partial charge on any atom is 0.287 e. The molecule has 2 heterocycles. The van der Waals surface area contributed by atoms with Crippen molar-refractivity contribution in [2.24, 2.45) is 10.7 Å². The summed E-state index contributed by atoms with van der Waals surface area (Å²) in [6.45, 7) is 8.46. The summed E-state index contributed by atoms with van der Waals surface area (Å²) < 4.78 is 10.5. The van der Waals surface area contributed by atoms with Crippen LogP contribution in [0.3, 0.4) is 0 Å². The largest absolute Gasteiger partial charge is 0.459 e. The van der Waals surface area contributed by atoms with Gasteiger partial charge in [-0.1, -0.05) is 0 Å². The molecular formula is C17H30IN5O3. The van der Waals surface area contributed by atoms with E-state index in [0.29, 0.717) is 24.8 Å². The predicted octanol–water partition coefficient (Wildman–Crippen LogP) is 0.953. The molecule has 8 nitrogen and oxygen atoms in total. The smallest absolute Gasteiger partial charge is 0.287 e. The Kier molecular flexibility index (Phi) is 11.3. The molecule has 1 aliphatic heterocycles. The summed E-state index contributed by atoms with van der Waals surface area (Å²) in [5.41, 5.74) is 6.67. The Balaban J connectivity index is 0.00000338. The van der Waals surface area contributed by atoms with Crippen LogP contribution < -0.4 is 16.4 Å². The number of nitrogens with two attached hydrogens (primary N) is 1. The summed E-state index contributed by atoms with van der Waals surface area (Å²) in [5, 5.41) is 5.93. The minimum absolute atomic E-state index is 0. The molecule has 0 bridgehead atoms. The number of aliphatic imine (C=N–C) groups is 1. The molecule has 0 aliphatic carbocycles. The molecule has 26 heavy (non-hydrogen) atoms. The van der Waals surface area contributed by atoms with Crippen molar-refractivity contribution in [3.63, 3.8) is 0 Å². The van der Waals surface area contributed by atoms with Crippen LogP contribution in [0.1, 0.15) is 29.0 Å². The molecule has 9 heteroatoms. The van der Waals surface area contributed by atoms with Gasteiger partial charge in [-0.2, -0.15) is 0 Å². The third kappa shape index (κ3) is 8.37. The number of morpholine rings is 1. The van der Waals surface area contributed by atoms with E-state index in [4.69, 9.17) is 14.9 Å². The molecule has 4 N–H and O–H groups in total. The van der Waals surface area contributed by atoms with Crippen LogP contribution in [-0.4, -0.2) is 69.2 Å². The quantitative estimate of drug-likeness (QED) is 0.211. The van der Waals surface area contributed by atoms with Crippen molar-refractivity contribution in [3.05, 3.63) is 23.7 Å². The van der Waals surface area contributed by atoms with E-state index in [1.54, 1.807) is 6.07 Å². The highest BCUT2D eigenvalue weighted by Crippen LogP contribution is 2.07. The van der Waals surface area contributed by atoms with Crippen molar-refractivity contribution in [1.82, 2.24) is 15.5 Å². The second kappa shape index (κ2) is 12.9. The maximum absolute atomic E-state index is 11.8. The van der Waals surface area contributed by atoms with Gasteiger partial charge in [0.05, 0.1) is 19.5 Å². The zero-order valence-corrected chi connectivity index (χ0v) is 17.7. The Hall–Kier alpha value is -1.33. The average Bonchev–Trinajstić information content (AvgIpc) is 3.05. The first-order valence-corrected chi connectivity index (χ1v) is 8.83. The third-order valence-electron chi connectivity index (χ3n) is 4.03. The number of hydrogen-bond acceptors (Lipinski definition) is 5. The van der Waals surface area contributed by atoms with Gasteiger partial charge in [-0.25, -0.2) is 0 Å². The standard InChI is InChI=1S/C17H29N5O3.HI/c1-14-4-11-25-15(14)16(23)19-5-2-6-20-17(18)21-7-3-8-22-9-12-24-13-10-22;/h4,11H,2-3,5-10,12-13H2,1H3,(H,19,23)(H3,18,20,21);1H. The minimum atomic E-state index is -0.194. The molecule has 0 radical (unpaired) electrons. The lowest BCUT2D eigenvalue weighted by Gasteiger charge is -2.26. The lowest BCUT2D eigenvalue weighted by molar-refractivity contribution is 0.0376. The fourth-order valence-electron chi connectivity index (χ4n) is 2.57. The van der Waals surface area contributed by atoms with Crippen LogP contribution in [0.25, 0.3) is 0 Å². The number of furan rings is 1. The van der Waals surface area contributed by atoms with Crippen molar-refractivity contribution in [2.75, 3.05) is 52.5 Å². The molecule has 0 spiro atoms. The van der Waals surface area contributed by atoms with Gasteiger partial charge in [0.25, 0.3) is 5.91 Å². The van der Waals surface area contributed by atoms with Gasteiger partial charge in [0.15, 0.2) is 11.7 Å². The molecule has 1 aromatic heterocycles. The number of ether oxygens (including phenoxy) is 1. The Labute approximate surface area is 171 Å². The number of rotatable bonds is 9. The third-order valence-corrected chi connectivity index (χ3v) is 4.03. The zero-order chi connectivity index (χ0) is 17.9. The van der Waals surface area contributed by atoms with E-state index in [1.807, 2.05) is 6.92 Å². The van der Waals surface area contributed by atoms with Gasteiger partial charge in [-0.15, -0.1) is 24.0 Å². The first-order valence-electron chi connectivity index (χ1n) is 8.83. The van der Waals surface area contributed by atoms with E-state index in [9.17, 15) is 4.79 Å². The number of carbonyl (C=O) groups excluding carboxylic acids is 1. The lowest BCUT2D eigenvalue weighted by Crippen LogP contribution is -2.39. The SMILES string of the molecule is Cc1ccoc1C(=O)NCCCN=C(N)NCCCN1CCOCC1.I. The lowest BCUT2D eigenvalue weighted by atomic mass is 10.2. The molecule has 1 amide bonds. The number of halogens is 1. The normalized spacial score (nSPS) is 15.3. The summed E-state index contributed by atoms with van der Waals surface area (Å²) in [6.07, 6.45) is 3.26. The number of nitrogens with one attached hydrogen (secondary N) is 2. The summed E-state index contributed by atoms with van der Waals surface area (Å²) >= 11 is 0. The number of guanidine groups is 1. The van der Waals surface area contributed by atoms with E-state index in [0.717, 1.165) is 57.8 Å². The van der Waals surface area contributed by atoms with Gasteiger partial charge >= 0.3 is 0 Å². The van der Waals surface area contributed by atoms with E-state index in [-0.39, 0.29) is 29.9 Å². The van der Waals surface area contributed by atoms with Gasteiger partial charge in [-0.05, 0) is 32.4 Å². The molecular weight excluding hydrogens is 449 g/mol. The number of amides is 1. The summed E-state index contributed by atoms with van der Waals surface area (Å²) in [5.74, 6) is 0.626. The Bertz CT molecular complexity index is 558. The highest BCUT2D eigenvalue weighted by Gasteiger charge is 2.11. The first-order chi connectivity index (χ1) is 12.2. The molecule has 1 saturated heterocycles. The van der Waals surface area contributed by atoms with Crippen LogP contribution in [0.5, 0.6) is 0 Å². The highest BCUT2D eigenvalue weighted by atomic mass is 127. The molecule has 2 rings (SSSR count). The van der Waals surface area contributed by atoms with E-state index >= 15 is 0 Å². The van der Waals surface area contributed by atoms with Crippen molar-refractivity contribution >= 4 is 35.8 Å². The van der Waals surface area contributed by atoms with Gasteiger partial charge in [0.2, 0.25) is 0 Å². The van der Waals surface area contributed by atoms with Crippen molar-refractivity contribution in [2.45, 2.75) is 19.8 Å². The average molecular weight is 479 g/mol. The molecule has 1 aliphatic rings. The summed E-state index contributed by atoms with van der Waals surface area (Å²) in [4.78, 5) is 18.5. The van der Waals surface area contributed by atoms with Crippen LogP contribution in [-0.2, 0) is 4.74 Å². The molecule has 148 valence electrons. The Morgan fingerprint density at radius 2 is 2.00 bits per heavy atom. The second-order valence-corrected chi connectivity index (χ2v) is 6.04. The van der Waals surface area contributed by atoms with Crippen LogP contribution in [0.4, 0.5) is 0 Å². The fourth-order valence-corrected chi connectivity index (χ4v) is 2.57. The molecule has 0 unspecified atom stereocenters. The number of nitrogens with zero attached hydrogens (tertiary/aromatic N) is 2. The minimum Gasteiger partial charge on any atom is -0.459 e. The molecule has 0 aromatic carbocycles. The van der Waals surface area contributed by atoms with Crippen molar-refractivity contribution in [3.8, 4) is 0 Å². The number of hydrogen-bond donors (Lipinski definition) is 3. The highest BCUT2D eigenvalue weighted by molar-refractivity contribution is 14.0. The summed E-state index contributed by atoms with van der Waals surface area (Å²) in [6, 6.07) is 1.77. The zero-order valence-electron chi connectivity index (χ0n) is 15.3. The van der Waals surface area contributed by atoms with E-state index in [2.05, 4.69) is 20.5 Å². The fraction of sp³-hybridized carbons (Fsp3) is 0.647. The van der Waals surface area contributed by atoms with Crippen LogP contribution in [0.15, 0.2) is 21.7 Å². The predicted molar refractivity (Wildman–Crippen MR) is 112 cm³/mol. The van der Waals surface area contributed by atoms with Crippen LogP contribution in [0, 0.1) is 6.92 Å². The molecule has 1 aromatic rings. The molecule has 1 fully saturated rings. The topological polar surface area (TPSA) is 105 Å². The number of carbonyl (C=O) groups is 1. The van der Waals surface area contributed by atoms with Crippen LogP contribution >= 0.6 is 24.0 Å². The van der Waals surface area contributed by atoms with Crippen LogP contribution in [0.2, 0.25) is 0 Å². The monoisotopic (exact) mass is 479 g/mol. The van der Waals surface area contributed by atoms with Gasteiger partial charge in [0.1, 0.15) is 0 Å². The van der Waals surface area contributed by atoms with Crippen molar-refractivity contribution < 1.29 is 13.9 Å².